The van der Waals surface area contributed by atoms with Gasteiger partial charge in [0.05, 0.1) is 11.2 Å². The van der Waals surface area contributed by atoms with Gasteiger partial charge in [0.15, 0.2) is 0 Å². The van der Waals surface area contributed by atoms with Crippen molar-refractivity contribution < 1.29 is 4.74 Å². The van der Waals surface area contributed by atoms with Crippen LogP contribution in [0.15, 0.2) is 41.2 Å². The molecule has 1 aliphatic heterocycles. The molecule has 0 atom stereocenters. The second kappa shape index (κ2) is 7.76. The molecule has 1 aromatic carbocycles. The summed E-state index contributed by atoms with van der Waals surface area (Å²) in [5, 5.41) is 10.0. The van der Waals surface area contributed by atoms with Gasteiger partial charge in [-0.1, -0.05) is 29.3 Å². The van der Waals surface area contributed by atoms with Crippen molar-refractivity contribution in [2.75, 3.05) is 18.0 Å². The number of aromatic nitrogens is 2. The predicted molar refractivity (Wildman–Crippen MR) is 114 cm³/mol. The first kappa shape index (κ1) is 19.3. The van der Waals surface area contributed by atoms with Crippen molar-refractivity contribution in [1.29, 1.82) is 5.26 Å². The first-order chi connectivity index (χ1) is 14.0. The van der Waals surface area contributed by atoms with Gasteiger partial charge in [0.25, 0.3) is 5.56 Å². The Morgan fingerprint density at radius 1 is 1.17 bits per heavy atom. The highest BCUT2D eigenvalue weighted by atomic mass is 35.5. The average molecular weight is 409 g/mol. The van der Waals surface area contributed by atoms with Gasteiger partial charge >= 0.3 is 0 Å². The van der Waals surface area contributed by atoms with Crippen molar-refractivity contribution >= 4 is 28.3 Å². The van der Waals surface area contributed by atoms with E-state index in [1.807, 2.05) is 31.2 Å². The summed E-state index contributed by atoms with van der Waals surface area (Å²) >= 11 is 6.12. The number of fused-ring (bicyclic) bond motifs is 1. The zero-order chi connectivity index (χ0) is 20.5. The lowest BCUT2D eigenvalue weighted by Gasteiger charge is -2.34. The highest BCUT2D eigenvalue weighted by Gasteiger charge is 2.27. The molecule has 6 nitrogen and oxygen atoms in total. The van der Waals surface area contributed by atoms with Crippen LogP contribution in [0.1, 0.15) is 24.0 Å². The zero-order valence-electron chi connectivity index (χ0n) is 16.4. The predicted octanol–water partition coefficient (Wildman–Crippen LogP) is 3.81. The van der Waals surface area contributed by atoms with Crippen LogP contribution in [0.25, 0.3) is 11.0 Å². The van der Waals surface area contributed by atoms with Gasteiger partial charge in [0.1, 0.15) is 34.2 Å². The molecule has 3 aromatic rings. The summed E-state index contributed by atoms with van der Waals surface area (Å²) in [5.41, 5.74) is 2.78. The number of piperidine rings is 1. The molecular formula is C22H21ClN4O2. The van der Waals surface area contributed by atoms with Crippen molar-refractivity contribution in [2.24, 2.45) is 7.05 Å². The summed E-state index contributed by atoms with van der Waals surface area (Å²) in [6, 6.07) is 13.5. The van der Waals surface area contributed by atoms with E-state index in [1.165, 1.54) is 10.1 Å². The number of halogens is 1. The minimum Gasteiger partial charge on any atom is -0.490 e. The Morgan fingerprint density at radius 2 is 1.86 bits per heavy atom. The van der Waals surface area contributed by atoms with E-state index in [-0.39, 0.29) is 17.2 Å². The summed E-state index contributed by atoms with van der Waals surface area (Å²) in [5.74, 6) is 0.860. The fourth-order valence-corrected chi connectivity index (χ4v) is 3.93. The molecule has 4 rings (SSSR count). The molecule has 1 fully saturated rings. The Hall–Kier alpha value is -3.04. The lowest BCUT2D eigenvalue weighted by Crippen LogP contribution is -2.40. The zero-order valence-corrected chi connectivity index (χ0v) is 17.1. The van der Waals surface area contributed by atoms with Crippen molar-refractivity contribution in [3.8, 4) is 11.8 Å². The third-order valence-electron chi connectivity index (χ3n) is 5.37. The van der Waals surface area contributed by atoms with Crippen LogP contribution in [0.3, 0.4) is 0 Å². The molecule has 1 saturated heterocycles. The number of pyridine rings is 2. The monoisotopic (exact) mass is 408 g/mol. The molecule has 0 saturated carbocycles. The van der Waals surface area contributed by atoms with E-state index in [2.05, 4.69) is 16.0 Å². The highest BCUT2D eigenvalue weighted by Crippen LogP contribution is 2.31. The normalized spacial score (nSPS) is 14.8. The number of rotatable bonds is 3. The summed E-state index contributed by atoms with van der Waals surface area (Å²) in [6.07, 6.45) is 1.67. The van der Waals surface area contributed by atoms with E-state index in [0.717, 1.165) is 18.6 Å². The largest absolute Gasteiger partial charge is 0.490 e. The summed E-state index contributed by atoms with van der Waals surface area (Å²) in [6.45, 7) is 3.38. The molecule has 0 spiro atoms. The fourth-order valence-electron chi connectivity index (χ4n) is 3.78. The maximum absolute atomic E-state index is 12.7. The summed E-state index contributed by atoms with van der Waals surface area (Å²) in [4.78, 5) is 19.2. The number of benzene rings is 1. The van der Waals surface area contributed by atoms with Crippen molar-refractivity contribution in [3.63, 3.8) is 0 Å². The molecule has 29 heavy (non-hydrogen) atoms. The molecule has 0 aliphatic carbocycles. The molecule has 0 amide bonds. The Kier molecular flexibility index (Phi) is 5.16. The topological polar surface area (TPSA) is 71.2 Å². The third kappa shape index (κ3) is 3.66. The number of aryl methyl sites for hydroxylation is 2. The van der Waals surface area contributed by atoms with E-state index < -0.39 is 0 Å². The van der Waals surface area contributed by atoms with Gasteiger partial charge in [-0.15, -0.1) is 0 Å². The minimum atomic E-state index is -0.322. The molecule has 3 heterocycles. The van der Waals surface area contributed by atoms with Gasteiger partial charge in [-0.3, -0.25) is 4.79 Å². The quantitative estimate of drug-likeness (QED) is 0.616. The molecular weight excluding hydrogens is 388 g/mol. The Balaban J connectivity index is 1.63. The van der Waals surface area contributed by atoms with Gasteiger partial charge in [0.2, 0.25) is 0 Å². The average Bonchev–Trinajstić information content (AvgIpc) is 2.73. The smallest absolute Gasteiger partial charge is 0.270 e. The van der Waals surface area contributed by atoms with E-state index in [9.17, 15) is 10.1 Å². The number of nitriles is 1. The van der Waals surface area contributed by atoms with Gasteiger partial charge in [-0.05, 0) is 31.2 Å². The van der Waals surface area contributed by atoms with Crippen LogP contribution < -0.4 is 15.2 Å². The van der Waals surface area contributed by atoms with Gasteiger partial charge in [-0.2, -0.15) is 5.26 Å². The van der Waals surface area contributed by atoms with Crippen LogP contribution in [-0.2, 0) is 7.05 Å². The Bertz CT molecular complexity index is 1160. The SMILES string of the molecule is Cc1ccc(OC2CCN(c3c(C#N)c(=O)n(C)c4ccc(Cl)nc34)CC2)cc1. The molecule has 1 aliphatic rings. The van der Waals surface area contributed by atoms with E-state index >= 15 is 0 Å². The lowest BCUT2D eigenvalue weighted by atomic mass is 10.0. The van der Waals surface area contributed by atoms with Crippen LogP contribution in [-0.4, -0.2) is 28.7 Å². The maximum Gasteiger partial charge on any atom is 0.270 e. The number of ether oxygens (including phenoxy) is 1. The van der Waals surface area contributed by atoms with Gasteiger partial charge < -0.3 is 14.2 Å². The Labute approximate surface area is 173 Å². The highest BCUT2D eigenvalue weighted by molar-refractivity contribution is 6.29. The molecule has 0 unspecified atom stereocenters. The molecule has 2 aromatic heterocycles. The van der Waals surface area contributed by atoms with Crippen molar-refractivity contribution in [3.05, 3.63) is 63.0 Å². The molecule has 148 valence electrons. The van der Waals surface area contributed by atoms with Crippen molar-refractivity contribution in [2.45, 2.75) is 25.9 Å². The van der Waals surface area contributed by atoms with Crippen molar-refractivity contribution in [1.82, 2.24) is 9.55 Å². The lowest BCUT2D eigenvalue weighted by molar-refractivity contribution is 0.171. The molecule has 7 heteroatoms. The first-order valence-electron chi connectivity index (χ1n) is 9.55. The Morgan fingerprint density at radius 3 is 2.52 bits per heavy atom. The molecule has 0 bridgehead atoms. The maximum atomic E-state index is 12.7. The number of anilines is 1. The molecule has 0 radical (unpaired) electrons. The van der Waals surface area contributed by atoms with E-state index in [0.29, 0.717) is 35.0 Å². The fraction of sp³-hybridized carbons (Fsp3) is 0.318. The first-order valence-corrected chi connectivity index (χ1v) is 9.93. The van der Waals surface area contributed by atoms with E-state index in [1.54, 1.807) is 19.2 Å². The second-order valence-corrected chi connectivity index (χ2v) is 7.71. The van der Waals surface area contributed by atoms with Gasteiger partial charge in [-0.25, -0.2) is 4.98 Å². The number of nitrogens with zero attached hydrogens (tertiary/aromatic N) is 4. The number of hydrogen-bond acceptors (Lipinski definition) is 5. The number of hydrogen-bond donors (Lipinski definition) is 0. The van der Waals surface area contributed by atoms with Crippen LogP contribution >= 0.6 is 11.6 Å². The summed E-state index contributed by atoms with van der Waals surface area (Å²) < 4.78 is 7.56. The summed E-state index contributed by atoms with van der Waals surface area (Å²) in [7, 11) is 1.65. The van der Waals surface area contributed by atoms with E-state index in [4.69, 9.17) is 16.3 Å². The van der Waals surface area contributed by atoms with Crippen LogP contribution in [0, 0.1) is 18.3 Å². The third-order valence-corrected chi connectivity index (χ3v) is 5.59. The second-order valence-electron chi connectivity index (χ2n) is 7.32. The van der Waals surface area contributed by atoms with Crippen LogP contribution in [0.4, 0.5) is 5.69 Å². The van der Waals surface area contributed by atoms with Crippen LogP contribution in [0.2, 0.25) is 5.15 Å². The van der Waals surface area contributed by atoms with Gasteiger partial charge in [0, 0.05) is 33.0 Å². The standard InChI is InChI=1S/C22H21ClN4O2/c1-14-3-5-15(6-4-14)29-16-9-11-27(12-10-16)21-17(13-24)22(28)26(2)18-7-8-19(23)25-20(18)21/h3-8,16H,9-12H2,1-2H3. The minimum absolute atomic E-state index is 0.0915. The molecule has 0 N–H and O–H groups in total. The van der Waals surface area contributed by atoms with Crippen LogP contribution in [0.5, 0.6) is 5.75 Å².